The van der Waals surface area contributed by atoms with Gasteiger partial charge >= 0.3 is 0 Å². The summed E-state index contributed by atoms with van der Waals surface area (Å²) < 4.78 is 46.1. The van der Waals surface area contributed by atoms with Crippen molar-refractivity contribution < 1.29 is 27.1 Å². The summed E-state index contributed by atoms with van der Waals surface area (Å²) in [5.74, 6) is -0.883. The Morgan fingerprint density at radius 2 is 1.58 bits per heavy atom. The van der Waals surface area contributed by atoms with Crippen LogP contribution in [0.15, 0.2) is 83.8 Å². The summed E-state index contributed by atoms with van der Waals surface area (Å²) in [7, 11) is -1.92. The van der Waals surface area contributed by atoms with E-state index in [-0.39, 0.29) is 35.5 Å². The Bertz CT molecular complexity index is 1430. The van der Waals surface area contributed by atoms with Gasteiger partial charge in [-0.15, -0.1) is 0 Å². The van der Waals surface area contributed by atoms with Crippen molar-refractivity contribution in [2.75, 3.05) is 33.4 Å². The van der Waals surface area contributed by atoms with Gasteiger partial charge in [0.05, 0.1) is 4.90 Å². The van der Waals surface area contributed by atoms with Gasteiger partial charge in [0.1, 0.15) is 11.9 Å². The lowest BCUT2D eigenvalue weighted by molar-refractivity contribution is -0.141. The molecule has 1 fully saturated rings. The SMILES string of the molecule is COCCCNC(=O)[C@@H](Cc1ccccc1)N(Cc1ccc(F)cc1)C(=O)CCc1ccc(S(=O)(=O)N2CCCC2)cc1. The largest absolute Gasteiger partial charge is 0.385 e. The second kappa shape index (κ2) is 15.7. The second-order valence-corrected chi connectivity index (χ2v) is 12.7. The smallest absolute Gasteiger partial charge is 0.243 e. The van der Waals surface area contributed by atoms with Crippen molar-refractivity contribution in [3.05, 3.63) is 101 Å². The molecule has 0 bridgehead atoms. The van der Waals surface area contributed by atoms with E-state index in [9.17, 15) is 22.4 Å². The number of rotatable bonds is 15. The van der Waals surface area contributed by atoms with Gasteiger partial charge in [-0.25, -0.2) is 12.8 Å². The Hall–Kier alpha value is -3.60. The molecule has 43 heavy (non-hydrogen) atoms. The summed E-state index contributed by atoms with van der Waals surface area (Å²) in [5.41, 5.74) is 2.43. The minimum atomic E-state index is -3.52. The van der Waals surface area contributed by atoms with Crippen LogP contribution in [0.3, 0.4) is 0 Å². The lowest BCUT2D eigenvalue weighted by Crippen LogP contribution is -2.50. The highest BCUT2D eigenvalue weighted by molar-refractivity contribution is 7.89. The van der Waals surface area contributed by atoms with Gasteiger partial charge in [-0.2, -0.15) is 4.31 Å². The Balaban J connectivity index is 1.53. The van der Waals surface area contributed by atoms with Crippen molar-refractivity contribution in [1.82, 2.24) is 14.5 Å². The fourth-order valence-electron chi connectivity index (χ4n) is 5.19. The van der Waals surface area contributed by atoms with E-state index in [1.54, 1.807) is 48.4 Å². The minimum absolute atomic E-state index is 0.113. The van der Waals surface area contributed by atoms with E-state index >= 15 is 0 Å². The van der Waals surface area contributed by atoms with E-state index in [0.717, 1.165) is 24.0 Å². The molecule has 1 saturated heterocycles. The molecule has 230 valence electrons. The second-order valence-electron chi connectivity index (χ2n) is 10.7. The van der Waals surface area contributed by atoms with Crippen LogP contribution in [0.5, 0.6) is 0 Å². The number of amides is 2. The number of carbonyl (C=O) groups excluding carboxylic acids is 2. The normalized spacial score (nSPS) is 14.4. The average molecular weight is 610 g/mol. The third-order valence-electron chi connectivity index (χ3n) is 7.62. The molecule has 3 aromatic carbocycles. The number of nitrogens with one attached hydrogen (secondary N) is 1. The van der Waals surface area contributed by atoms with Crippen LogP contribution < -0.4 is 5.32 Å². The lowest BCUT2D eigenvalue weighted by atomic mass is 10.0. The van der Waals surface area contributed by atoms with Crippen LogP contribution >= 0.6 is 0 Å². The molecule has 1 aliphatic rings. The first-order chi connectivity index (χ1) is 20.8. The molecule has 1 heterocycles. The van der Waals surface area contributed by atoms with Gasteiger partial charge in [0.15, 0.2) is 0 Å². The summed E-state index contributed by atoms with van der Waals surface area (Å²) in [6.45, 7) is 2.11. The van der Waals surface area contributed by atoms with Crippen molar-refractivity contribution in [1.29, 1.82) is 0 Å². The Morgan fingerprint density at radius 3 is 2.23 bits per heavy atom. The van der Waals surface area contributed by atoms with E-state index in [2.05, 4.69) is 5.32 Å². The minimum Gasteiger partial charge on any atom is -0.385 e. The van der Waals surface area contributed by atoms with Gasteiger partial charge in [-0.05, 0) is 66.6 Å². The topological polar surface area (TPSA) is 96.0 Å². The molecule has 0 radical (unpaired) electrons. The first kappa shape index (κ1) is 32.3. The van der Waals surface area contributed by atoms with Crippen LogP contribution in [0.2, 0.25) is 0 Å². The molecule has 0 aliphatic carbocycles. The van der Waals surface area contributed by atoms with Crippen molar-refractivity contribution in [3.8, 4) is 0 Å². The van der Waals surface area contributed by atoms with Gasteiger partial charge in [0.2, 0.25) is 21.8 Å². The third-order valence-corrected chi connectivity index (χ3v) is 9.53. The van der Waals surface area contributed by atoms with Gasteiger partial charge in [0, 0.05) is 52.7 Å². The third kappa shape index (κ3) is 9.19. The Morgan fingerprint density at radius 1 is 0.930 bits per heavy atom. The number of aryl methyl sites for hydroxylation is 1. The quantitative estimate of drug-likeness (QED) is 0.259. The molecule has 0 saturated carbocycles. The number of benzene rings is 3. The lowest BCUT2D eigenvalue weighted by Gasteiger charge is -2.31. The zero-order valence-corrected chi connectivity index (χ0v) is 25.4. The molecule has 0 aromatic heterocycles. The predicted octanol–water partition coefficient (Wildman–Crippen LogP) is 4.34. The maximum Gasteiger partial charge on any atom is 0.243 e. The van der Waals surface area contributed by atoms with Crippen LogP contribution in [-0.2, 0) is 43.7 Å². The molecule has 1 N–H and O–H groups in total. The summed E-state index contributed by atoms with van der Waals surface area (Å²) in [6.07, 6.45) is 3.16. The Kier molecular flexibility index (Phi) is 11.8. The highest BCUT2D eigenvalue weighted by Crippen LogP contribution is 2.22. The van der Waals surface area contributed by atoms with Crippen molar-refractivity contribution in [2.24, 2.45) is 0 Å². The Labute approximate surface area is 253 Å². The number of nitrogens with zero attached hydrogens (tertiary/aromatic N) is 2. The number of hydrogen-bond acceptors (Lipinski definition) is 5. The molecular formula is C33H40FN3O5S. The van der Waals surface area contributed by atoms with Crippen LogP contribution in [-0.4, -0.2) is 68.8 Å². The highest BCUT2D eigenvalue weighted by atomic mass is 32.2. The van der Waals surface area contributed by atoms with Gasteiger partial charge in [-0.3, -0.25) is 9.59 Å². The molecule has 8 nitrogen and oxygen atoms in total. The summed E-state index contributed by atoms with van der Waals surface area (Å²) >= 11 is 0. The number of hydrogen-bond donors (Lipinski definition) is 1. The van der Waals surface area contributed by atoms with Gasteiger partial charge in [0.25, 0.3) is 0 Å². The zero-order valence-electron chi connectivity index (χ0n) is 24.6. The number of methoxy groups -OCH3 is 1. The molecule has 1 atom stereocenters. The summed E-state index contributed by atoms with van der Waals surface area (Å²) in [4.78, 5) is 29.2. The van der Waals surface area contributed by atoms with E-state index in [4.69, 9.17) is 4.74 Å². The van der Waals surface area contributed by atoms with Crippen molar-refractivity contribution in [3.63, 3.8) is 0 Å². The summed E-state index contributed by atoms with van der Waals surface area (Å²) in [6, 6.07) is 21.3. The molecule has 1 aliphatic heterocycles. The van der Waals surface area contributed by atoms with Crippen LogP contribution in [0.1, 0.15) is 42.4 Å². The van der Waals surface area contributed by atoms with E-state index in [1.807, 2.05) is 30.3 Å². The first-order valence-corrected chi connectivity index (χ1v) is 16.2. The molecule has 0 unspecified atom stereocenters. The van der Waals surface area contributed by atoms with Gasteiger partial charge in [-0.1, -0.05) is 54.6 Å². The molecule has 10 heteroatoms. The molecule has 3 aromatic rings. The van der Waals surface area contributed by atoms with E-state index in [0.29, 0.717) is 51.1 Å². The van der Waals surface area contributed by atoms with Crippen LogP contribution in [0.25, 0.3) is 0 Å². The maximum atomic E-state index is 13.8. The predicted molar refractivity (Wildman–Crippen MR) is 163 cm³/mol. The fraction of sp³-hybridized carbons (Fsp3) is 0.394. The van der Waals surface area contributed by atoms with Crippen LogP contribution in [0.4, 0.5) is 4.39 Å². The molecule has 4 rings (SSSR count). The molecule has 2 amide bonds. The highest BCUT2D eigenvalue weighted by Gasteiger charge is 2.30. The number of sulfonamides is 1. The monoisotopic (exact) mass is 609 g/mol. The summed E-state index contributed by atoms with van der Waals surface area (Å²) in [5, 5.41) is 2.95. The maximum absolute atomic E-state index is 13.8. The number of halogens is 1. The zero-order chi connectivity index (χ0) is 30.7. The average Bonchev–Trinajstić information content (AvgIpc) is 3.58. The number of carbonyl (C=O) groups is 2. The number of ether oxygens (including phenoxy) is 1. The van der Waals surface area contributed by atoms with E-state index < -0.39 is 16.1 Å². The molecule has 0 spiro atoms. The van der Waals surface area contributed by atoms with Gasteiger partial charge < -0.3 is 15.0 Å². The van der Waals surface area contributed by atoms with Crippen molar-refractivity contribution in [2.45, 2.75) is 56.0 Å². The first-order valence-electron chi connectivity index (χ1n) is 14.7. The fourth-order valence-corrected chi connectivity index (χ4v) is 6.70. The van der Waals surface area contributed by atoms with Crippen molar-refractivity contribution >= 4 is 21.8 Å². The van der Waals surface area contributed by atoms with Crippen LogP contribution in [0, 0.1) is 5.82 Å². The molecular weight excluding hydrogens is 569 g/mol. The standard InChI is InChI=1S/C33H40FN3O5S/c1-42-23-7-20-35-33(39)31(24-27-8-3-2-4-9-27)37(25-28-10-15-29(34)16-11-28)32(38)19-14-26-12-17-30(18-13-26)43(40,41)36-21-5-6-22-36/h2-4,8-13,15-18,31H,5-7,14,19-25H2,1H3,(H,35,39)/t31-/m1/s1. The van der Waals surface area contributed by atoms with E-state index in [1.165, 1.54) is 16.4 Å².